The fourth-order valence-corrected chi connectivity index (χ4v) is 8.26. The monoisotopic (exact) mass is 1330 g/mol. The molecular weight excluding hydrogens is 1270 g/mol. The molecule has 0 unspecified atom stereocenters. The Morgan fingerprint density at radius 3 is 1.30 bits per heavy atom. The second-order valence-electron chi connectivity index (χ2n) is 19.4. The average molecular weight is 1330 g/mol. The third kappa shape index (κ3) is 23.4. The van der Waals surface area contributed by atoms with Crippen LogP contribution < -0.4 is 58.1 Å². The first kappa shape index (κ1) is 71.5. The molecule has 0 aliphatic carbocycles. The number of carbonyl (C=O) groups excluding carboxylic acids is 10. The maximum atomic E-state index is 12.7. The molecule has 2 saturated heterocycles. The van der Waals surface area contributed by atoms with Gasteiger partial charge in [-0.15, -0.1) is 0 Å². The predicted octanol–water partition coefficient (Wildman–Crippen LogP) is 11.2. The number of nitrogens with one attached hydrogen (secondary N) is 8. The molecule has 2 aliphatic heterocycles. The molecule has 0 radical (unpaired) electrons. The summed E-state index contributed by atoms with van der Waals surface area (Å²) in [6, 6.07) is 43.1. The van der Waals surface area contributed by atoms with Gasteiger partial charge >= 0.3 is 35.5 Å². The third-order valence-electron chi connectivity index (χ3n) is 12.3. The number of halogens is 1. The molecular formula is C62H58ClN19O14. The molecule has 5 aromatic carbocycles. The van der Waals surface area contributed by atoms with Gasteiger partial charge in [0.1, 0.15) is 17.5 Å². The van der Waals surface area contributed by atoms with Crippen LogP contribution in [0.5, 0.6) is 0 Å². The second kappa shape index (κ2) is 35.7. The maximum Gasteiger partial charge on any atom is 0.332 e. The van der Waals surface area contributed by atoms with Gasteiger partial charge in [-0.1, -0.05) is 54.6 Å². The number of amides is 14. The van der Waals surface area contributed by atoms with E-state index >= 15 is 0 Å². The molecule has 5 heterocycles. The van der Waals surface area contributed by atoms with Gasteiger partial charge in [0.25, 0.3) is 11.4 Å². The highest BCUT2D eigenvalue weighted by Gasteiger charge is 2.35. The van der Waals surface area contributed by atoms with Crippen molar-refractivity contribution in [3.05, 3.63) is 209 Å². The van der Waals surface area contributed by atoms with Crippen LogP contribution in [0.4, 0.5) is 109 Å². The van der Waals surface area contributed by atoms with Gasteiger partial charge in [-0.05, 0) is 103 Å². The summed E-state index contributed by atoms with van der Waals surface area (Å²) < 4.78 is 0. The zero-order chi connectivity index (χ0) is 69.7. The first-order chi connectivity index (χ1) is 45.9. The third-order valence-corrected chi connectivity index (χ3v) is 12.5. The van der Waals surface area contributed by atoms with Crippen LogP contribution in [0.1, 0.15) is 20.8 Å². The number of nitrogens with two attached hydrogens (primary N) is 1. The zero-order valence-electron chi connectivity index (χ0n) is 50.9. The van der Waals surface area contributed by atoms with Crippen LogP contribution in [0.25, 0.3) is 0 Å². The lowest BCUT2D eigenvalue weighted by Crippen LogP contribution is -2.39. The van der Waals surface area contributed by atoms with Crippen molar-refractivity contribution in [1.82, 2.24) is 24.8 Å². The number of nitrogen functional groups attached to an aromatic ring is 1. The molecule has 8 aromatic rings. The highest BCUT2D eigenvalue weighted by atomic mass is 35.5. The van der Waals surface area contributed by atoms with Gasteiger partial charge in [-0.25, -0.2) is 53.5 Å². The number of nitro benzene ring substituents is 2. The van der Waals surface area contributed by atoms with Crippen molar-refractivity contribution in [2.45, 2.75) is 20.8 Å². The van der Waals surface area contributed by atoms with E-state index in [9.17, 15) is 68.2 Å². The molecule has 0 saturated carbocycles. The van der Waals surface area contributed by atoms with Crippen molar-refractivity contribution in [3.63, 3.8) is 0 Å². The molecule has 3 aromatic heterocycles. The van der Waals surface area contributed by atoms with E-state index in [1.165, 1.54) is 105 Å². The summed E-state index contributed by atoms with van der Waals surface area (Å²) in [6.45, 7) is 5.66. The van der Waals surface area contributed by atoms with Crippen LogP contribution in [0, 0.1) is 20.2 Å². The Labute approximate surface area is 550 Å². The number of urea groups is 5. The van der Waals surface area contributed by atoms with Crippen LogP contribution in [-0.2, 0) is 19.2 Å². The summed E-state index contributed by atoms with van der Waals surface area (Å²) in [5.74, 6) is 0.624. The first-order valence-electron chi connectivity index (χ1n) is 28.0. The van der Waals surface area contributed by atoms with E-state index in [0.29, 0.717) is 71.2 Å². The molecule has 0 bridgehead atoms. The fraction of sp³-hybridized carbons (Fsp3) is 0.113. The number of benzene rings is 5. The van der Waals surface area contributed by atoms with E-state index < -0.39 is 39.3 Å². The number of isocyanates is 1. The lowest BCUT2D eigenvalue weighted by atomic mass is 10.3. The molecule has 10 rings (SSSR count). The molecule has 33 nitrogen and oxygen atoms in total. The van der Waals surface area contributed by atoms with Crippen LogP contribution >= 0.6 is 11.6 Å². The van der Waals surface area contributed by atoms with Crippen LogP contribution in [-0.4, -0.2) is 120 Å². The van der Waals surface area contributed by atoms with E-state index in [1.807, 2.05) is 60.7 Å². The molecule has 96 heavy (non-hydrogen) atoms. The number of non-ortho nitro benzene ring substituents is 2. The highest BCUT2D eigenvalue weighted by molar-refractivity contribution is 6.64. The quantitative estimate of drug-likeness (QED) is 0.0129. The summed E-state index contributed by atoms with van der Waals surface area (Å²) in [4.78, 5) is 155. The molecule has 0 atom stereocenters. The average Bonchev–Trinajstić information content (AvgIpc) is 1.71. The number of imide groups is 2. The molecule has 34 heteroatoms. The number of pyridine rings is 3. The Morgan fingerprint density at radius 2 is 0.885 bits per heavy atom. The molecule has 2 fully saturated rings. The molecule has 492 valence electrons. The van der Waals surface area contributed by atoms with Gasteiger partial charge in [0.2, 0.25) is 23.8 Å². The number of nitrogens with zero attached hydrogens (tertiary/aromatic N) is 10. The van der Waals surface area contributed by atoms with Crippen LogP contribution in [0.2, 0.25) is 0 Å². The smallest absolute Gasteiger partial charge is 0.332 e. The van der Waals surface area contributed by atoms with E-state index in [-0.39, 0.29) is 47.4 Å². The van der Waals surface area contributed by atoms with Gasteiger partial charge in [0.15, 0.2) is 0 Å². The second-order valence-corrected chi connectivity index (χ2v) is 19.8. The standard InChI is InChI=1S/C24H23N7O4.C14H13N5O4.C10H9ClN2O2.C7H9N3O.C7H4N2O3/c1-16(32)26-21-11-10-19(15-25-21)28-22(33)27-17-6-5-7-18(14-17)29-23(34)31-13-12-30(24(31)35)20-8-3-2-4-9-20;1-9(20)16-13-6-5-11(8-15-13)18-14(21)17-10-3-2-4-12(7-10)19(22)23;11-9(14)13-7-6-12(10(13)15)8-4-2-1-3-5-8;1-5(11)10-7-3-2-6(8)4-9-7;10-5-8-6-2-1-3-7(4-6)9(11)12/h2-11,14-15H,12-13H2,1H3,(H,29,34)(H,25,26,32)(H2,27,28,33);2-8H,1H3,(H,15,16,20)(H2,17,18,21);1-5H,6-7H2;2-4H,8H2,1H3,(H,9,10,11);1-4H. The number of carbonyl (C=O) groups is 9. The summed E-state index contributed by atoms with van der Waals surface area (Å²) in [5, 5.41) is 40.7. The SMILES string of the molecule is CC(=O)Nc1ccc(N)cn1.CC(=O)Nc1ccc(NC(=O)Nc2cccc(NC(=O)N3CCN(c4ccccc4)C3=O)c2)cn1.CC(=O)Nc1ccc(NC(=O)Nc2cccc([N+](=O)[O-])c2)cn1.O=C(Cl)N1CCN(c2ccccc2)C1=O.O=C=Nc1cccc([N+](=O)[O-])c1. The molecule has 14 amide bonds. The van der Waals surface area contributed by atoms with Gasteiger partial charge in [-0.3, -0.25) is 49.2 Å². The predicted molar refractivity (Wildman–Crippen MR) is 358 cm³/mol. The minimum Gasteiger partial charge on any atom is -0.397 e. The number of rotatable bonds is 13. The number of para-hydroxylation sites is 2. The van der Waals surface area contributed by atoms with Crippen molar-refractivity contribution in [2.75, 3.05) is 84.2 Å². The minimum atomic E-state index is -0.724. The Kier molecular flexibility index (Phi) is 26.6. The van der Waals surface area contributed by atoms with E-state index in [1.54, 1.807) is 59.5 Å². The van der Waals surface area contributed by atoms with Crippen LogP contribution in [0.3, 0.4) is 0 Å². The first-order valence-corrected chi connectivity index (χ1v) is 28.4. The number of hydrogen-bond acceptors (Lipinski definition) is 19. The normalized spacial score (nSPS) is 11.6. The number of nitro groups is 2. The maximum absolute atomic E-state index is 12.7. The Balaban J connectivity index is 0.000000205. The Bertz CT molecular complexity index is 4140. The number of aliphatic imine (C=N–C) groups is 1. The summed E-state index contributed by atoms with van der Waals surface area (Å²) in [6.07, 6.45) is 5.58. The highest BCUT2D eigenvalue weighted by Crippen LogP contribution is 2.25. The van der Waals surface area contributed by atoms with Crippen LogP contribution in [0.15, 0.2) is 193 Å². The number of aromatic nitrogens is 3. The molecule has 0 spiro atoms. The van der Waals surface area contributed by atoms with E-state index in [0.717, 1.165) is 21.2 Å². The minimum absolute atomic E-state index is 0.0912. The lowest BCUT2D eigenvalue weighted by Gasteiger charge is -2.18. The van der Waals surface area contributed by atoms with Gasteiger partial charge < -0.3 is 48.3 Å². The Hall–Kier alpha value is -13.6. The van der Waals surface area contributed by atoms with Crippen molar-refractivity contribution in [3.8, 4) is 0 Å². The summed E-state index contributed by atoms with van der Waals surface area (Å²) in [7, 11) is 0. The summed E-state index contributed by atoms with van der Waals surface area (Å²) in [5.41, 5.74) is 9.47. The summed E-state index contributed by atoms with van der Waals surface area (Å²) >= 11 is 5.27. The van der Waals surface area contributed by atoms with Gasteiger partial charge in [0, 0.05) is 93.1 Å². The number of anilines is 11. The van der Waals surface area contributed by atoms with Gasteiger partial charge in [-0.2, -0.15) is 4.99 Å². The number of hydrogen-bond donors (Lipinski definition) is 9. The topological polar surface area (TPSA) is 443 Å². The molecule has 10 N–H and O–H groups in total. The lowest BCUT2D eigenvalue weighted by molar-refractivity contribution is -0.385. The Morgan fingerprint density at radius 1 is 0.479 bits per heavy atom. The fourth-order valence-electron chi connectivity index (χ4n) is 8.10. The van der Waals surface area contributed by atoms with Crippen molar-refractivity contribution in [1.29, 1.82) is 0 Å². The van der Waals surface area contributed by atoms with E-state index in [4.69, 9.17) is 17.3 Å². The van der Waals surface area contributed by atoms with E-state index in [2.05, 4.69) is 62.5 Å². The zero-order valence-corrected chi connectivity index (χ0v) is 51.6. The van der Waals surface area contributed by atoms with Crippen molar-refractivity contribution >= 4 is 151 Å². The van der Waals surface area contributed by atoms with Crippen molar-refractivity contribution in [2.24, 2.45) is 4.99 Å². The largest absolute Gasteiger partial charge is 0.397 e. The van der Waals surface area contributed by atoms with Crippen molar-refractivity contribution < 1.29 is 57.8 Å². The van der Waals surface area contributed by atoms with Gasteiger partial charge in [0.05, 0.1) is 57.7 Å². The molecule has 2 aliphatic rings.